The van der Waals surface area contributed by atoms with E-state index in [1.54, 1.807) is 11.6 Å². The average Bonchev–Trinajstić information content (AvgIpc) is 3.44. The summed E-state index contributed by atoms with van der Waals surface area (Å²) in [6.45, 7) is 8.39. The molecule has 11 nitrogen and oxygen atoms in total. The molecule has 0 aliphatic heterocycles. The molecule has 3 aromatic rings. The molecule has 0 bridgehead atoms. The van der Waals surface area contributed by atoms with E-state index in [1.807, 2.05) is 26.1 Å². The van der Waals surface area contributed by atoms with Crippen molar-refractivity contribution in [3.63, 3.8) is 0 Å². The minimum absolute atomic E-state index is 0.150. The number of aryl methyl sites for hydroxylation is 3. The Morgan fingerprint density at radius 3 is 2.89 bits per heavy atom. The third-order valence-electron chi connectivity index (χ3n) is 6.78. The molecule has 2 N–H and O–H groups in total. The Balaban J connectivity index is 1.44. The van der Waals surface area contributed by atoms with E-state index in [4.69, 9.17) is 14.2 Å². The molecule has 0 amide bonds. The number of ether oxygens (including phenoxy) is 1. The number of anilines is 1. The van der Waals surface area contributed by atoms with E-state index in [2.05, 4.69) is 39.6 Å². The first-order chi connectivity index (χ1) is 17.1. The summed E-state index contributed by atoms with van der Waals surface area (Å²) in [5.41, 5.74) is 2.12. The van der Waals surface area contributed by atoms with E-state index in [9.17, 15) is 9.90 Å². The van der Waals surface area contributed by atoms with Crippen LogP contribution in [0.5, 0.6) is 5.75 Å². The van der Waals surface area contributed by atoms with Crippen molar-refractivity contribution < 1.29 is 19.2 Å². The summed E-state index contributed by atoms with van der Waals surface area (Å²) in [4.78, 5) is 20.8. The maximum Gasteiger partial charge on any atom is 0.309 e. The molecule has 1 saturated carbocycles. The van der Waals surface area contributed by atoms with Crippen molar-refractivity contribution in [2.24, 2.45) is 18.4 Å². The number of aliphatic carboxylic acids is 1. The molecule has 11 heteroatoms. The average molecular weight is 498 g/mol. The summed E-state index contributed by atoms with van der Waals surface area (Å²) in [6.07, 6.45) is 4.40. The van der Waals surface area contributed by atoms with Gasteiger partial charge in [-0.2, -0.15) is 4.98 Å². The summed E-state index contributed by atoms with van der Waals surface area (Å²) in [5.74, 6) is 1.50. The molecular weight excluding hydrogens is 462 g/mol. The van der Waals surface area contributed by atoms with E-state index in [0.717, 1.165) is 31.4 Å². The van der Waals surface area contributed by atoms with Gasteiger partial charge in [0.2, 0.25) is 5.89 Å². The first-order valence-corrected chi connectivity index (χ1v) is 12.5. The van der Waals surface area contributed by atoms with Gasteiger partial charge in [-0.15, -0.1) is 5.10 Å². The van der Waals surface area contributed by atoms with E-state index < -0.39 is 11.4 Å². The molecule has 0 aromatic carbocycles. The third kappa shape index (κ3) is 5.83. The molecule has 1 aliphatic rings. The number of hydrogen-bond donors (Lipinski definition) is 2. The second-order valence-corrected chi connectivity index (χ2v) is 10.3. The van der Waals surface area contributed by atoms with Gasteiger partial charge in [-0.3, -0.25) is 4.79 Å². The molecule has 3 heterocycles. The van der Waals surface area contributed by atoms with Gasteiger partial charge in [-0.05, 0) is 62.7 Å². The van der Waals surface area contributed by atoms with Crippen molar-refractivity contribution in [1.82, 2.24) is 30.1 Å². The van der Waals surface area contributed by atoms with Crippen molar-refractivity contribution in [2.75, 3.05) is 5.32 Å². The number of pyridine rings is 1. The van der Waals surface area contributed by atoms with Crippen LogP contribution in [-0.2, 0) is 24.8 Å². The van der Waals surface area contributed by atoms with Crippen LogP contribution in [0.25, 0.3) is 11.4 Å². The lowest BCUT2D eigenvalue weighted by molar-refractivity contribution is -0.151. The van der Waals surface area contributed by atoms with Crippen molar-refractivity contribution in [3.05, 3.63) is 29.4 Å². The summed E-state index contributed by atoms with van der Waals surface area (Å²) in [6, 6.07) is 3.73. The van der Waals surface area contributed by atoms with Crippen LogP contribution >= 0.6 is 0 Å². The fraction of sp³-hybridized carbons (Fsp3) is 0.600. The van der Waals surface area contributed by atoms with Crippen LogP contribution in [0.2, 0.25) is 0 Å². The minimum Gasteiger partial charge on any atom is -0.488 e. The second kappa shape index (κ2) is 10.6. The van der Waals surface area contributed by atoms with Crippen molar-refractivity contribution in [3.8, 4) is 17.1 Å². The molecule has 0 spiro atoms. The third-order valence-corrected chi connectivity index (χ3v) is 6.78. The zero-order valence-corrected chi connectivity index (χ0v) is 21.6. The van der Waals surface area contributed by atoms with Crippen LogP contribution in [0.15, 0.2) is 16.7 Å². The predicted molar refractivity (Wildman–Crippen MR) is 132 cm³/mol. The Labute approximate surface area is 210 Å². The molecule has 1 unspecified atom stereocenters. The van der Waals surface area contributed by atoms with Crippen molar-refractivity contribution >= 4 is 11.9 Å². The Kier molecular flexibility index (Phi) is 7.56. The largest absolute Gasteiger partial charge is 0.488 e. The number of nitrogens with one attached hydrogen (secondary N) is 1. The van der Waals surface area contributed by atoms with Crippen LogP contribution in [0.1, 0.15) is 70.2 Å². The number of hydrogen-bond acceptors (Lipinski definition) is 9. The van der Waals surface area contributed by atoms with Crippen LogP contribution < -0.4 is 10.1 Å². The normalized spacial score (nSPS) is 20.0. The lowest BCUT2D eigenvalue weighted by Crippen LogP contribution is -2.38. The van der Waals surface area contributed by atoms with Gasteiger partial charge >= 0.3 is 5.97 Å². The smallest absolute Gasteiger partial charge is 0.309 e. The molecular formula is C25H35N7O4. The van der Waals surface area contributed by atoms with Crippen LogP contribution in [0.4, 0.5) is 5.95 Å². The highest BCUT2D eigenvalue weighted by atomic mass is 16.5. The zero-order valence-electron chi connectivity index (χ0n) is 21.6. The summed E-state index contributed by atoms with van der Waals surface area (Å²) >= 11 is 0. The van der Waals surface area contributed by atoms with Gasteiger partial charge in [0.05, 0.1) is 35.1 Å². The maximum absolute atomic E-state index is 11.7. The van der Waals surface area contributed by atoms with Gasteiger partial charge in [0, 0.05) is 19.9 Å². The van der Waals surface area contributed by atoms with Gasteiger partial charge in [0.15, 0.2) is 0 Å². The highest BCUT2D eigenvalue weighted by Crippen LogP contribution is 2.38. The lowest BCUT2D eigenvalue weighted by Gasteiger charge is -2.34. The summed E-state index contributed by atoms with van der Waals surface area (Å²) in [7, 11) is 1.82. The lowest BCUT2D eigenvalue weighted by atomic mass is 9.74. The molecule has 194 valence electrons. The first-order valence-electron chi connectivity index (χ1n) is 12.5. The molecule has 0 saturated heterocycles. The number of carboxylic acids is 1. The van der Waals surface area contributed by atoms with E-state index in [-0.39, 0.29) is 6.10 Å². The van der Waals surface area contributed by atoms with E-state index in [0.29, 0.717) is 60.0 Å². The van der Waals surface area contributed by atoms with Crippen LogP contribution in [-0.4, -0.2) is 47.3 Å². The highest BCUT2D eigenvalue weighted by Gasteiger charge is 2.39. The van der Waals surface area contributed by atoms with Crippen LogP contribution in [0, 0.1) is 18.3 Å². The standard InChI is InChI=1S/C25H35N7O4/c1-15(2)8-11-21-28-24(30-36-21)26-14-19-22(29-31-32(19)5)18-9-10-20(16(3)27-18)35-17-7-6-12-25(4,13-17)23(33)34/h9-10,15,17H,6-8,11-14H2,1-5H3,(H,26,30)(H,33,34)/t17-,25?/m0/s1. The number of nitrogens with zero attached hydrogens (tertiary/aromatic N) is 6. The van der Waals surface area contributed by atoms with E-state index in [1.165, 1.54) is 0 Å². The molecule has 1 aliphatic carbocycles. The Morgan fingerprint density at radius 2 is 2.17 bits per heavy atom. The second-order valence-electron chi connectivity index (χ2n) is 10.3. The summed E-state index contributed by atoms with van der Waals surface area (Å²) < 4.78 is 13.2. The van der Waals surface area contributed by atoms with Gasteiger partial charge in [0.25, 0.3) is 5.95 Å². The van der Waals surface area contributed by atoms with Gasteiger partial charge in [0.1, 0.15) is 11.4 Å². The number of rotatable bonds is 10. The quantitative estimate of drug-likeness (QED) is 0.419. The fourth-order valence-electron chi connectivity index (χ4n) is 4.48. The summed E-state index contributed by atoms with van der Waals surface area (Å²) in [5, 5.41) is 25.3. The number of aromatic nitrogens is 6. The van der Waals surface area contributed by atoms with Gasteiger partial charge < -0.3 is 19.7 Å². The number of carboxylic acid groups (broad SMARTS) is 1. The molecule has 36 heavy (non-hydrogen) atoms. The highest BCUT2D eigenvalue weighted by molar-refractivity contribution is 5.74. The molecule has 2 atom stereocenters. The molecule has 0 radical (unpaired) electrons. The van der Waals surface area contributed by atoms with E-state index >= 15 is 0 Å². The SMILES string of the molecule is Cc1nc(-c2nnn(C)c2CNc2noc(CCC(C)C)n2)ccc1O[C@H]1CCCC(C)(C(=O)O)C1. The van der Waals surface area contributed by atoms with Crippen molar-refractivity contribution in [1.29, 1.82) is 0 Å². The van der Waals surface area contributed by atoms with Crippen LogP contribution in [0.3, 0.4) is 0 Å². The molecule has 3 aromatic heterocycles. The topological polar surface area (TPSA) is 141 Å². The predicted octanol–water partition coefficient (Wildman–Crippen LogP) is 4.18. The van der Waals surface area contributed by atoms with Crippen molar-refractivity contribution in [2.45, 2.75) is 78.9 Å². The number of carbonyl (C=O) groups is 1. The first kappa shape index (κ1) is 25.6. The Bertz CT molecular complexity index is 1200. The molecule has 1 fully saturated rings. The van der Waals surface area contributed by atoms with Gasteiger partial charge in [-0.25, -0.2) is 9.67 Å². The Hall–Kier alpha value is -3.50. The van der Waals surface area contributed by atoms with Gasteiger partial charge in [-0.1, -0.05) is 19.1 Å². The zero-order chi connectivity index (χ0) is 25.9. The Morgan fingerprint density at radius 1 is 1.36 bits per heavy atom. The molecule has 4 rings (SSSR count). The maximum atomic E-state index is 11.7. The minimum atomic E-state index is -0.766. The monoisotopic (exact) mass is 497 g/mol. The fourth-order valence-corrected chi connectivity index (χ4v) is 4.48.